The first-order valence-electron chi connectivity index (χ1n) is 8.62. The standard InChI is InChI=1S/C19H24ClNO2.CH4/c20-17-6-5-14(7-10-22)11-16(17)18(23)21-13-19-8-1-3-15(12-19)4-2-9-19;/h5-6,10-11,15H,1-4,7-9,12-13H2,(H,21,23);1H4. The Kier molecular flexibility index (Phi) is 6.45. The molecule has 3 rings (SSSR count). The van der Waals surface area contributed by atoms with Gasteiger partial charge in [-0.1, -0.05) is 50.8 Å². The van der Waals surface area contributed by atoms with E-state index in [9.17, 15) is 9.59 Å². The van der Waals surface area contributed by atoms with E-state index in [4.69, 9.17) is 11.6 Å². The van der Waals surface area contributed by atoms with E-state index in [1.54, 1.807) is 18.2 Å². The molecule has 1 N–H and O–H groups in total. The third-order valence-corrected chi connectivity index (χ3v) is 5.91. The van der Waals surface area contributed by atoms with Gasteiger partial charge in [0.2, 0.25) is 0 Å². The summed E-state index contributed by atoms with van der Waals surface area (Å²) in [7, 11) is 0. The molecule has 0 heterocycles. The second-order valence-corrected chi connectivity index (χ2v) is 7.63. The maximum Gasteiger partial charge on any atom is 0.252 e. The molecule has 0 spiro atoms. The van der Waals surface area contributed by atoms with Crippen LogP contribution < -0.4 is 5.32 Å². The molecular weight excluding hydrogens is 322 g/mol. The first-order chi connectivity index (χ1) is 11.1. The number of rotatable bonds is 5. The second kappa shape index (κ2) is 8.15. The van der Waals surface area contributed by atoms with Gasteiger partial charge in [0.1, 0.15) is 6.29 Å². The number of carbonyl (C=O) groups is 2. The molecule has 1 aromatic carbocycles. The van der Waals surface area contributed by atoms with E-state index < -0.39 is 0 Å². The van der Waals surface area contributed by atoms with Crippen LogP contribution in [-0.2, 0) is 11.2 Å². The van der Waals surface area contributed by atoms with Crippen LogP contribution in [-0.4, -0.2) is 18.7 Å². The predicted molar refractivity (Wildman–Crippen MR) is 98.5 cm³/mol. The largest absolute Gasteiger partial charge is 0.351 e. The number of carbonyl (C=O) groups excluding carboxylic acids is 2. The van der Waals surface area contributed by atoms with Crippen molar-refractivity contribution >= 4 is 23.8 Å². The summed E-state index contributed by atoms with van der Waals surface area (Å²) in [6.07, 6.45) is 10.1. The lowest BCUT2D eigenvalue weighted by molar-refractivity contribution is -0.107. The molecular formula is C20H28ClNO2. The molecule has 0 unspecified atom stereocenters. The smallest absolute Gasteiger partial charge is 0.252 e. The highest BCUT2D eigenvalue weighted by molar-refractivity contribution is 6.33. The van der Waals surface area contributed by atoms with Gasteiger partial charge in [-0.25, -0.2) is 0 Å². The fraction of sp³-hybridized carbons (Fsp3) is 0.600. The third-order valence-electron chi connectivity index (χ3n) is 5.58. The molecule has 2 saturated carbocycles. The van der Waals surface area contributed by atoms with Crippen LogP contribution in [0.25, 0.3) is 0 Å². The zero-order valence-corrected chi connectivity index (χ0v) is 14.2. The van der Waals surface area contributed by atoms with Gasteiger partial charge in [-0.05, 0) is 48.3 Å². The topological polar surface area (TPSA) is 46.2 Å². The molecule has 24 heavy (non-hydrogen) atoms. The number of hydrogen-bond donors (Lipinski definition) is 1. The fourth-order valence-electron chi connectivity index (χ4n) is 4.40. The lowest BCUT2D eigenvalue weighted by Gasteiger charge is -2.45. The summed E-state index contributed by atoms with van der Waals surface area (Å²) in [5, 5.41) is 3.56. The predicted octanol–water partition coefficient (Wildman–Crippen LogP) is 4.81. The van der Waals surface area contributed by atoms with Crippen LogP contribution in [0.5, 0.6) is 0 Å². The Morgan fingerprint density at radius 2 is 2.00 bits per heavy atom. The lowest BCUT2D eigenvalue weighted by Crippen LogP contribution is -2.43. The van der Waals surface area contributed by atoms with Gasteiger partial charge in [0.05, 0.1) is 10.6 Å². The summed E-state index contributed by atoms with van der Waals surface area (Å²) < 4.78 is 0. The number of fused-ring (bicyclic) bond motifs is 2. The molecule has 2 bridgehead atoms. The van der Waals surface area contributed by atoms with Crippen molar-refractivity contribution in [3.8, 4) is 0 Å². The van der Waals surface area contributed by atoms with E-state index in [0.29, 0.717) is 22.4 Å². The van der Waals surface area contributed by atoms with Gasteiger partial charge in [0.25, 0.3) is 5.91 Å². The van der Waals surface area contributed by atoms with Crippen molar-refractivity contribution in [1.82, 2.24) is 5.32 Å². The number of halogens is 1. The molecule has 0 saturated heterocycles. The first kappa shape index (κ1) is 19.0. The van der Waals surface area contributed by atoms with Gasteiger partial charge in [0, 0.05) is 13.0 Å². The van der Waals surface area contributed by atoms with E-state index in [0.717, 1.165) is 24.3 Å². The monoisotopic (exact) mass is 349 g/mol. The Labute approximate surface area is 150 Å². The lowest BCUT2D eigenvalue weighted by atomic mass is 9.62. The molecule has 3 nitrogen and oxygen atoms in total. The molecule has 1 aromatic rings. The zero-order chi connectivity index (χ0) is 16.3. The van der Waals surface area contributed by atoms with Crippen LogP contribution in [0, 0.1) is 11.3 Å². The highest BCUT2D eigenvalue weighted by atomic mass is 35.5. The maximum atomic E-state index is 12.5. The molecule has 0 aliphatic heterocycles. The van der Waals surface area contributed by atoms with Crippen molar-refractivity contribution in [3.63, 3.8) is 0 Å². The van der Waals surface area contributed by atoms with Crippen molar-refractivity contribution < 1.29 is 9.59 Å². The summed E-state index contributed by atoms with van der Waals surface area (Å²) >= 11 is 6.17. The van der Waals surface area contributed by atoms with Gasteiger partial charge in [-0.2, -0.15) is 0 Å². The number of aldehydes is 1. The number of benzene rings is 1. The highest BCUT2D eigenvalue weighted by Gasteiger charge is 2.39. The summed E-state index contributed by atoms with van der Waals surface area (Å²) in [6, 6.07) is 5.22. The average molecular weight is 350 g/mol. The Balaban J connectivity index is 0.00000208. The van der Waals surface area contributed by atoms with E-state index >= 15 is 0 Å². The van der Waals surface area contributed by atoms with Crippen molar-refractivity contribution in [2.75, 3.05) is 6.54 Å². The van der Waals surface area contributed by atoms with Crippen molar-refractivity contribution in [1.29, 1.82) is 0 Å². The minimum absolute atomic E-state index is 0. The number of amides is 1. The average Bonchev–Trinajstić information content (AvgIpc) is 2.55. The molecule has 1 amide bonds. The molecule has 2 aliphatic rings. The summed E-state index contributed by atoms with van der Waals surface area (Å²) in [6.45, 7) is 0.747. The zero-order valence-electron chi connectivity index (χ0n) is 13.4. The minimum atomic E-state index is -0.121. The van der Waals surface area contributed by atoms with Gasteiger partial charge < -0.3 is 10.1 Å². The normalized spacial score (nSPS) is 25.5. The van der Waals surface area contributed by atoms with Gasteiger partial charge in [-0.3, -0.25) is 4.79 Å². The molecule has 132 valence electrons. The van der Waals surface area contributed by atoms with Crippen LogP contribution in [0.2, 0.25) is 5.02 Å². The van der Waals surface area contributed by atoms with Gasteiger partial charge in [-0.15, -0.1) is 0 Å². The Morgan fingerprint density at radius 1 is 1.29 bits per heavy atom. The van der Waals surface area contributed by atoms with Gasteiger partial charge in [0.15, 0.2) is 0 Å². The Morgan fingerprint density at radius 3 is 2.67 bits per heavy atom. The van der Waals surface area contributed by atoms with E-state index in [1.807, 2.05) is 0 Å². The van der Waals surface area contributed by atoms with E-state index in [2.05, 4.69) is 5.32 Å². The van der Waals surface area contributed by atoms with Crippen molar-refractivity contribution in [2.24, 2.45) is 11.3 Å². The molecule has 0 radical (unpaired) electrons. The Bertz CT molecular complexity index is 589. The van der Waals surface area contributed by atoms with Crippen LogP contribution in [0.3, 0.4) is 0 Å². The van der Waals surface area contributed by atoms with Crippen molar-refractivity contribution in [2.45, 2.75) is 58.8 Å². The maximum absolute atomic E-state index is 12.5. The number of nitrogens with one attached hydrogen (secondary N) is 1. The summed E-state index contributed by atoms with van der Waals surface area (Å²) in [5.74, 6) is 0.735. The van der Waals surface area contributed by atoms with Crippen molar-refractivity contribution in [3.05, 3.63) is 34.3 Å². The van der Waals surface area contributed by atoms with Crippen LogP contribution in [0.1, 0.15) is 68.3 Å². The van der Waals surface area contributed by atoms with Gasteiger partial charge >= 0.3 is 0 Å². The molecule has 2 aliphatic carbocycles. The third kappa shape index (κ3) is 4.18. The SMILES string of the molecule is C.O=CCc1ccc(Cl)c(C(=O)NCC23CCCC(CCC2)C3)c1. The van der Waals surface area contributed by atoms with Crippen LogP contribution >= 0.6 is 11.6 Å². The quantitative estimate of drug-likeness (QED) is 0.775. The molecule has 0 atom stereocenters. The molecule has 2 fully saturated rings. The molecule has 4 heteroatoms. The summed E-state index contributed by atoms with van der Waals surface area (Å²) in [4.78, 5) is 23.2. The van der Waals surface area contributed by atoms with E-state index in [-0.39, 0.29) is 13.3 Å². The highest BCUT2D eigenvalue weighted by Crippen LogP contribution is 2.48. The Hall–Kier alpha value is -1.35. The minimum Gasteiger partial charge on any atom is -0.351 e. The molecule has 0 aromatic heterocycles. The van der Waals surface area contributed by atoms with Crippen LogP contribution in [0.15, 0.2) is 18.2 Å². The summed E-state index contributed by atoms with van der Waals surface area (Å²) in [5.41, 5.74) is 1.60. The second-order valence-electron chi connectivity index (χ2n) is 7.22. The fourth-order valence-corrected chi connectivity index (χ4v) is 4.61. The first-order valence-corrected chi connectivity index (χ1v) is 9.00. The van der Waals surface area contributed by atoms with E-state index in [1.165, 1.54) is 44.9 Å². The van der Waals surface area contributed by atoms with Crippen LogP contribution in [0.4, 0.5) is 0 Å². The number of hydrogen-bond acceptors (Lipinski definition) is 2.